The van der Waals surface area contributed by atoms with E-state index in [1.807, 2.05) is 6.07 Å². The minimum atomic E-state index is -0.672. The van der Waals surface area contributed by atoms with Gasteiger partial charge in [0.25, 0.3) is 11.8 Å². The van der Waals surface area contributed by atoms with Crippen LogP contribution in [0.3, 0.4) is 0 Å². The van der Waals surface area contributed by atoms with E-state index in [-0.39, 0.29) is 11.1 Å². The van der Waals surface area contributed by atoms with Gasteiger partial charge in [0.15, 0.2) is 0 Å². The monoisotopic (exact) mass is 374 g/mol. The number of hydrogen-bond acceptors (Lipinski definition) is 5. The van der Waals surface area contributed by atoms with E-state index in [0.717, 1.165) is 36.1 Å². The molecule has 0 saturated carbocycles. The number of amides is 2. The second kappa shape index (κ2) is 6.71. The van der Waals surface area contributed by atoms with Crippen LogP contribution in [0, 0.1) is 22.7 Å². The average Bonchev–Trinajstić information content (AvgIpc) is 3.19. The van der Waals surface area contributed by atoms with E-state index in [0.29, 0.717) is 21.8 Å². The van der Waals surface area contributed by atoms with Crippen LogP contribution in [0.25, 0.3) is 5.57 Å². The molecule has 1 aliphatic carbocycles. The first kappa shape index (κ1) is 17.0. The molecule has 27 heavy (non-hydrogen) atoms. The Morgan fingerprint density at radius 2 is 1.96 bits per heavy atom. The summed E-state index contributed by atoms with van der Waals surface area (Å²) in [6.45, 7) is 0. The number of rotatable bonds is 2. The number of thiophene rings is 1. The number of aryl methyl sites for hydroxylation is 1. The molecule has 1 aliphatic heterocycles. The van der Waals surface area contributed by atoms with E-state index < -0.39 is 11.8 Å². The van der Waals surface area contributed by atoms with Crippen molar-refractivity contribution in [1.82, 2.24) is 0 Å². The van der Waals surface area contributed by atoms with Crippen LogP contribution in [0.2, 0.25) is 0 Å². The van der Waals surface area contributed by atoms with Crippen LogP contribution in [0.5, 0.6) is 0 Å². The molecule has 2 amide bonds. The number of fused-ring (bicyclic) bond motifs is 2. The van der Waals surface area contributed by atoms with Gasteiger partial charge in [-0.2, -0.15) is 10.5 Å². The molecule has 1 aromatic carbocycles. The van der Waals surface area contributed by atoms with E-state index in [2.05, 4.69) is 16.7 Å². The number of carbonyl (C=O) groups is 2. The van der Waals surface area contributed by atoms with Gasteiger partial charge in [-0.05, 0) is 37.3 Å². The predicted molar refractivity (Wildman–Crippen MR) is 102 cm³/mol. The molecule has 2 aromatic rings. The number of nitrogens with one attached hydrogen (secondary N) is 2. The topological polar surface area (TPSA) is 106 Å². The Bertz CT molecular complexity index is 1100. The lowest BCUT2D eigenvalue weighted by molar-refractivity contribution is -0.113. The summed E-state index contributed by atoms with van der Waals surface area (Å²) >= 11 is 1.38. The van der Waals surface area contributed by atoms with Crippen LogP contribution < -0.4 is 10.6 Å². The summed E-state index contributed by atoms with van der Waals surface area (Å²) in [5, 5.41) is 24.9. The van der Waals surface area contributed by atoms with Crippen LogP contribution in [0.4, 0.5) is 10.7 Å². The lowest BCUT2D eigenvalue weighted by Gasteiger charge is -2.09. The van der Waals surface area contributed by atoms with Gasteiger partial charge in [0, 0.05) is 16.1 Å². The quantitative estimate of drug-likeness (QED) is 0.621. The SMILES string of the molecule is N#C/C(C(=O)Nc1sc2c(c1C#N)CCCC2)=C1/C(=O)Nc2ccccc21. The van der Waals surface area contributed by atoms with Crippen molar-refractivity contribution in [3.05, 3.63) is 51.4 Å². The molecule has 0 unspecified atom stereocenters. The molecule has 2 aliphatic rings. The zero-order chi connectivity index (χ0) is 19.0. The first-order valence-electron chi connectivity index (χ1n) is 8.55. The molecule has 2 heterocycles. The van der Waals surface area contributed by atoms with Crippen molar-refractivity contribution in [3.8, 4) is 12.1 Å². The van der Waals surface area contributed by atoms with E-state index >= 15 is 0 Å². The molecule has 6 nitrogen and oxygen atoms in total. The molecular formula is C20H14N4O2S. The molecule has 0 bridgehead atoms. The molecule has 1 aromatic heterocycles. The largest absolute Gasteiger partial charge is 0.321 e. The van der Waals surface area contributed by atoms with Gasteiger partial charge in [-0.1, -0.05) is 18.2 Å². The summed E-state index contributed by atoms with van der Waals surface area (Å²) in [4.78, 5) is 26.2. The Kier molecular flexibility index (Phi) is 4.23. The highest BCUT2D eigenvalue weighted by molar-refractivity contribution is 7.16. The molecule has 7 heteroatoms. The summed E-state index contributed by atoms with van der Waals surface area (Å²) in [5.41, 5.74) is 2.38. The van der Waals surface area contributed by atoms with E-state index in [9.17, 15) is 20.1 Å². The number of para-hydroxylation sites is 1. The van der Waals surface area contributed by atoms with Crippen LogP contribution in [-0.4, -0.2) is 11.8 Å². The molecule has 132 valence electrons. The predicted octanol–water partition coefficient (Wildman–Crippen LogP) is 3.37. The van der Waals surface area contributed by atoms with Gasteiger partial charge in [-0.15, -0.1) is 11.3 Å². The number of nitriles is 2. The molecule has 0 fully saturated rings. The molecule has 2 N–H and O–H groups in total. The van der Waals surface area contributed by atoms with Crippen LogP contribution >= 0.6 is 11.3 Å². The van der Waals surface area contributed by atoms with Crippen LogP contribution in [0.15, 0.2) is 29.8 Å². The molecule has 0 saturated heterocycles. The van der Waals surface area contributed by atoms with E-state index in [1.165, 1.54) is 11.3 Å². The maximum atomic E-state index is 12.8. The second-order valence-electron chi connectivity index (χ2n) is 6.34. The van der Waals surface area contributed by atoms with Gasteiger partial charge in [0.2, 0.25) is 0 Å². The fourth-order valence-corrected chi connectivity index (χ4v) is 4.76. The summed E-state index contributed by atoms with van der Waals surface area (Å²) in [5.74, 6) is -1.15. The third-order valence-electron chi connectivity index (χ3n) is 4.77. The first-order valence-corrected chi connectivity index (χ1v) is 9.36. The minimum absolute atomic E-state index is 0.0606. The Balaban J connectivity index is 1.73. The van der Waals surface area contributed by atoms with Crippen molar-refractivity contribution < 1.29 is 9.59 Å². The van der Waals surface area contributed by atoms with Crippen molar-refractivity contribution in [3.63, 3.8) is 0 Å². The lowest BCUT2D eigenvalue weighted by atomic mass is 9.96. The molecular weight excluding hydrogens is 360 g/mol. The number of hydrogen-bond donors (Lipinski definition) is 2. The highest BCUT2D eigenvalue weighted by atomic mass is 32.1. The third kappa shape index (κ3) is 2.79. The van der Waals surface area contributed by atoms with Gasteiger partial charge in [0.05, 0.1) is 11.1 Å². The highest BCUT2D eigenvalue weighted by Crippen LogP contribution is 2.38. The van der Waals surface area contributed by atoms with Gasteiger partial charge in [0.1, 0.15) is 22.7 Å². The standard InChI is InChI=1S/C20H14N4O2S/c21-9-13-11-5-2-4-8-16(11)27-20(13)24-18(25)14(10-22)17-12-6-1-3-7-15(12)23-19(17)26/h1,3,6-7H,2,4-5,8H2,(H,23,26)(H,24,25)/b17-14-. The maximum absolute atomic E-state index is 12.8. The summed E-state index contributed by atoms with van der Waals surface area (Å²) in [7, 11) is 0. The van der Waals surface area contributed by atoms with Gasteiger partial charge < -0.3 is 10.6 Å². The first-order chi connectivity index (χ1) is 13.1. The fourth-order valence-electron chi connectivity index (χ4n) is 3.52. The zero-order valence-electron chi connectivity index (χ0n) is 14.3. The van der Waals surface area contributed by atoms with Gasteiger partial charge in [-0.25, -0.2) is 0 Å². The Hall–Kier alpha value is -3.42. The Morgan fingerprint density at radius 1 is 1.19 bits per heavy atom. The average molecular weight is 374 g/mol. The summed E-state index contributed by atoms with van der Waals surface area (Å²) < 4.78 is 0. The normalized spacial score (nSPS) is 16.4. The van der Waals surface area contributed by atoms with Crippen molar-refractivity contribution >= 4 is 39.4 Å². The number of anilines is 2. The van der Waals surface area contributed by atoms with Crippen LogP contribution in [0.1, 0.15) is 34.4 Å². The second-order valence-corrected chi connectivity index (χ2v) is 7.45. The smallest absolute Gasteiger partial charge is 0.267 e. The van der Waals surface area contributed by atoms with Crippen molar-refractivity contribution in [2.24, 2.45) is 0 Å². The van der Waals surface area contributed by atoms with Gasteiger partial charge in [-0.3, -0.25) is 9.59 Å². The number of benzene rings is 1. The number of carbonyl (C=O) groups excluding carboxylic acids is 2. The van der Waals surface area contributed by atoms with Crippen molar-refractivity contribution in [1.29, 1.82) is 10.5 Å². The minimum Gasteiger partial charge on any atom is -0.321 e. The Labute approximate surface area is 159 Å². The summed E-state index contributed by atoms with van der Waals surface area (Å²) in [6, 6.07) is 11.0. The third-order valence-corrected chi connectivity index (χ3v) is 5.98. The highest BCUT2D eigenvalue weighted by Gasteiger charge is 2.31. The van der Waals surface area contributed by atoms with E-state index in [4.69, 9.17) is 0 Å². The van der Waals surface area contributed by atoms with E-state index in [1.54, 1.807) is 24.3 Å². The van der Waals surface area contributed by atoms with Crippen LogP contribution in [-0.2, 0) is 22.4 Å². The molecule has 0 atom stereocenters. The van der Waals surface area contributed by atoms with Gasteiger partial charge >= 0.3 is 0 Å². The molecule has 0 spiro atoms. The van der Waals surface area contributed by atoms with Crippen molar-refractivity contribution in [2.45, 2.75) is 25.7 Å². The zero-order valence-corrected chi connectivity index (χ0v) is 15.1. The fraction of sp³-hybridized carbons (Fsp3) is 0.200. The Morgan fingerprint density at radius 3 is 2.74 bits per heavy atom. The number of nitrogens with zero attached hydrogens (tertiary/aromatic N) is 2. The lowest BCUT2D eigenvalue weighted by Crippen LogP contribution is -2.17. The summed E-state index contributed by atoms with van der Waals surface area (Å²) in [6.07, 6.45) is 3.81. The maximum Gasteiger partial charge on any atom is 0.267 e. The molecule has 0 radical (unpaired) electrons. The molecule has 4 rings (SSSR count). The van der Waals surface area contributed by atoms with Crippen molar-refractivity contribution in [2.75, 3.05) is 10.6 Å².